The molecule has 0 aromatic heterocycles. The number of ketones is 1. The van der Waals surface area contributed by atoms with E-state index in [4.69, 9.17) is 19.1 Å². The van der Waals surface area contributed by atoms with Gasteiger partial charge in [-0.1, -0.05) is 28.4 Å². The predicted octanol–water partition coefficient (Wildman–Crippen LogP) is 4.65. The van der Waals surface area contributed by atoms with Crippen LogP contribution in [0.4, 0.5) is 0 Å². The maximum absolute atomic E-state index is 12.7. The molecule has 8 nitrogen and oxygen atoms in total. The summed E-state index contributed by atoms with van der Waals surface area (Å²) >= 11 is 0. The first-order chi connectivity index (χ1) is 15.8. The van der Waals surface area contributed by atoms with Crippen molar-refractivity contribution in [2.75, 3.05) is 27.4 Å². The molecule has 0 spiro atoms. The van der Waals surface area contributed by atoms with Gasteiger partial charge in [0.2, 0.25) is 5.78 Å². The summed E-state index contributed by atoms with van der Waals surface area (Å²) < 4.78 is 10.4. The molecule has 0 heterocycles. The number of benzene rings is 1. The molecule has 0 bridgehead atoms. The average molecular weight is 457 g/mol. The van der Waals surface area contributed by atoms with Crippen LogP contribution in [-0.4, -0.2) is 50.6 Å². The maximum Gasteiger partial charge on any atom is 0.360 e. The first kappa shape index (κ1) is 25.8. The lowest BCUT2D eigenvalue weighted by Crippen LogP contribution is -2.23. The van der Waals surface area contributed by atoms with Crippen molar-refractivity contribution in [3.05, 3.63) is 52.1 Å². The highest BCUT2D eigenvalue weighted by atomic mass is 16.6. The van der Waals surface area contributed by atoms with Crippen LogP contribution in [0, 0.1) is 0 Å². The number of Topliss-reactive ketones (excluding diaryl/α,β-unsaturated/α-hetero) is 1. The molecule has 2 rings (SSSR count). The van der Waals surface area contributed by atoms with E-state index < -0.39 is 5.97 Å². The molecule has 33 heavy (non-hydrogen) atoms. The van der Waals surface area contributed by atoms with Gasteiger partial charge < -0.3 is 19.1 Å². The van der Waals surface area contributed by atoms with E-state index in [1.165, 1.54) is 19.8 Å². The third-order valence-electron chi connectivity index (χ3n) is 5.28. The molecule has 0 atom stereocenters. The molecule has 0 saturated carbocycles. The number of carbonyl (C=O) groups is 2. The molecule has 0 N–H and O–H groups in total. The molecule has 0 unspecified atom stereocenters. The maximum atomic E-state index is 12.7. The zero-order valence-electron chi connectivity index (χ0n) is 20.2. The molecule has 0 saturated heterocycles. The molecule has 0 amide bonds. The number of hydrogen-bond donors (Lipinski definition) is 0. The van der Waals surface area contributed by atoms with Crippen LogP contribution in [-0.2, 0) is 19.2 Å². The van der Waals surface area contributed by atoms with E-state index in [0.29, 0.717) is 36.3 Å². The van der Waals surface area contributed by atoms with E-state index in [9.17, 15) is 9.59 Å². The van der Waals surface area contributed by atoms with Crippen molar-refractivity contribution >= 4 is 23.2 Å². The van der Waals surface area contributed by atoms with Crippen LogP contribution in [0.1, 0.15) is 57.3 Å². The Morgan fingerprint density at radius 3 is 2.27 bits per heavy atom. The summed E-state index contributed by atoms with van der Waals surface area (Å²) in [6.07, 6.45) is 2.04. The van der Waals surface area contributed by atoms with Crippen molar-refractivity contribution < 1.29 is 28.7 Å². The molecule has 1 aliphatic carbocycles. The highest BCUT2D eigenvalue weighted by Crippen LogP contribution is 2.31. The van der Waals surface area contributed by atoms with Crippen LogP contribution >= 0.6 is 0 Å². The number of hydrogen-bond acceptors (Lipinski definition) is 8. The third kappa shape index (κ3) is 7.03. The fourth-order valence-electron chi connectivity index (χ4n) is 3.29. The largest absolute Gasteiger partial charge is 0.494 e. The number of ether oxygens (including phenoxy) is 2. The lowest BCUT2D eigenvalue weighted by Gasteiger charge is -2.22. The van der Waals surface area contributed by atoms with Gasteiger partial charge in [0.1, 0.15) is 25.2 Å². The van der Waals surface area contributed by atoms with Gasteiger partial charge in [-0.2, -0.15) is 0 Å². The number of methoxy groups -OCH3 is 1. The zero-order chi connectivity index (χ0) is 24.4. The Morgan fingerprint density at radius 2 is 1.67 bits per heavy atom. The standard InChI is InChI=1S/C25H32N2O6/c1-7-12-32-21-10-8-19(9-11-21)24(28)18(4)26-33-15-20-13-16(2)17(3)14-22(20)23(27-31-6)25(29)30-5/h8-11H,7,12-15H2,1-6H3/b26-18+,27-23-. The molecular weight excluding hydrogens is 424 g/mol. The molecule has 0 radical (unpaired) electrons. The number of allylic oxidation sites excluding steroid dienone is 2. The van der Waals surface area contributed by atoms with Crippen molar-refractivity contribution in [2.24, 2.45) is 10.3 Å². The quantitative estimate of drug-likeness (QED) is 0.158. The molecule has 178 valence electrons. The van der Waals surface area contributed by atoms with E-state index in [1.54, 1.807) is 31.2 Å². The summed E-state index contributed by atoms with van der Waals surface area (Å²) in [5, 5.41) is 7.88. The second kappa shape index (κ2) is 12.6. The molecule has 8 heteroatoms. The SMILES string of the molecule is CCCOc1ccc(C(=O)/C(C)=N/OCC2=C(/C(=N/OC)C(=O)OC)CC(C)=C(C)C2)cc1. The van der Waals surface area contributed by atoms with Crippen molar-refractivity contribution in [1.82, 2.24) is 0 Å². The van der Waals surface area contributed by atoms with Crippen LogP contribution in [0.15, 0.2) is 56.9 Å². The second-order valence-electron chi connectivity index (χ2n) is 7.76. The van der Waals surface area contributed by atoms with Gasteiger partial charge in [-0.05, 0) is 75.4 Å². The van der Waals surface area contributed by atoms with Crippen LogP contribution in [0.25, 0.3) is 0 Å². The Bertz CT molecular complexity index is 987. The average Bonchev–Trinajstić information content (AvgIpc) is 2.82. The van der Waals surface area contributed by atoms with Gasteiger partial charge in [0.15, 0.2) is 5.71 Å². The van der Waals surface area contributed by atoms with Gasteiger partial charge in [0, 0.05) is 5.56 Å². The fourth-order valence-corrected chi connectivity index (χ4v) is 3.29. The number of carbonyl (C=O) groups excluding carboxylic acids is 2. The van der Waals surface area contributed by atoms with Gasteiger partial charge in [-0.3, -0.25) is 4.79 Å². The Balaban J connectivity index is 2.16. The molecule has 1 aromatic carbocycles. The Morgan fingerprint density at radius 1 is 1.00 bits per heavy atom. The Hall–Kier alpha value is -3.42. The van der Waals surface area contributed by atoms with E-state index in [1.807, 2.05) is 20.8 Å². The van der Waals surface area contributed by atoms with Crippen LogP contribution < -0.4 is 4.74 Å². The summed E-state index contributed by atoms with van der Waals surface area (Å²) in [6, 6.07) is 6.93. The van der Waals surface area contributed by atoms with Crippen molar-refractivity contribution in [2.45, 2.75) is 47.0 Å². The predicted molar refractivity (Wildman–Crippen MR) is 127 cm³/mol. The molecule has 1 aliphatic rings. The Kier molecular flexibility index (Phi) is 9.84. The number of esters is 1. The van der Waals surface area contributed by atoms with Gasteiger partial charge in [0.25, 0.3) is 0 Å². The fraction of sp³-hybridized carbons (Fsp3) is 0.440. The number of rotatable bonds is 11. The van der Waals surface area contributed by atoms with Gasteiger partial charge in [-0.15, -0.1) is 0 Å². The summed E-state index contributed by atoms with van der Waals surface area (Å²) in [4.78, 5) is 35.3. The highest BCUT2D eigenvalue weighted by Gasteiger charge is 2.26. The lowest BCUT2D eigenvalue weighted by molar-refractivity contribution is -0.132. The highest BCUT2D eigenvalue weighted by molar-refractivity contribution is 6.45. The van der Waals surface area contributed by atoms with E-state index in [2.05, 4.69) is 10.3 Å². The number of oxime groups is 2. The van der Waals surface area contributed by atoms with E-state index >= 15 is 0 Å². The van der Waals surface area contributed by atoms with Crippen LogP contribution in [0.3, 0.4) is 0 Å². The summed E-state index contributed by atoms with van der Waals surface area (Å²) in [6.45, 7) is 8.40. The topological polar surface area (TPSA) is 95.8 Å². The van der Waals surface area contributed by atoms with Gasteiger partial charge >= 0.3 is 5.97 Å². The molecule has 1 aromatic rings. The summed E-state index contributed by atoms with van der Waals surface area (Å²) in [7, 11) is 2.67. The third-order valence-corrected chi connectivity index (χ3v) is 5.28. The number of nitrogens with zero attached hydrogens (tertiary/aromatic N) is 2. The first-order valence-electron chi connectivity index (χ1n) is 10.8. The lowest BCUT2D eigenvalue weighted by atomic mass is 9.85. The minimum absolute atomic E-state index is 0.104. The minimum Gasteiger partial charge on any atom is -0.494 e. The first-order valence-corrected chi connectivity index (χ1v) is 10.8. The zero-order valence-corrected chi connectivity index (χ0v) is 20.2. The smallest absolute Gasteiger partial charge is 0.360 e. The van der Waals surface area contributed by atoms with E-state index in [-0.39, 0.29) is 23.8 Å². The van der Waals surface area contributed by atoms with E-state index in [0.717, 1.165) is 17.6 Å². The van der Waals surface area contributed by atoms with Crippen LogP contribution in [0.2, 0.25) is 0 Å². The summed E-state index contributed by atoms with van der Waals surface area (Å²) in [5.41, 5.74) is 4.67. The monoisotopic (exact) mass is 456 g/mol. The molecular formula is C25H32N2O6. The normalized spacial score (nSPS) is 14.8. The van der Waals surface area contributed by atoms with Gasteiger partial charge in [-0.25, -0.2) is 4.79 Å². The van der Waals surface area contributed by atoms with Crippen molar-refractivity contribution in [3.8, 4) is 5.75 Å². The molecule has 0 aliphatic heterocycles. The van der Waals surface area contributed by atoms with Gasteiger partial charge in [0.05, 0.1) is 13.7 Å². The van der Waals surface area contributed by atoms with Crippen molar-refractivity contribution in [3.63, 3.8) is 0 Å². The minimum atomic E-state index is -0.585. The van der Waals surface area contributed by atoms with Crippen LogP contribution in [0.5, 0.6) is 5.75 Å². The summed E-state index contributed by atoms with van der Waals surface area (Å²) in [5.74, 6) is -0.107. The Labute approximate surface area is 194 Å². The second-order valence-corrected chi connectivity index (χ2v) is 7.76. The van der Waals surface area contributed by atoms with Crippen molar-refractivity contribution in [1.29, 1.82) is 0 Å². The molecule has 0 fully saturated rings.